The first-order chi connectivity index (χ1) is 14.3. The van der Waals surface area contributed by atoms with E-state index >= 15 is 0 Å². The summed E-state index contributed by atoms with van der Waals surface area (Å²) >= 11 is 0. The summed E-state index contributed by atoms with van der Waals surface area (Å²) in [5.41, 5.74) is 0.453. The molecule has 1 amide bonds. The molecule has 0 fully saturated rings. The predicted molar refractivity (Wildman–Crippen MR) is 105 cm³/mol. The maximum Gasteiger partial charge on any atom is 0.243 e. The maximum absolute atomic E-state index is 13.4. The van der Waals surface area contributed by atoms with Gasteiger partial charge in [-0.15, -0.1) is 0 Å². The van der Waals surface area contributed by atoms with E-state index in [-0.39, 0.29) is 17.1 Å². The second-order valence-corrected chi connectivity index (χ2v) is 8.33. The van der Waals surface area contributed by atoms with Crippen LogP contribution in [0.4, 0.5) is 18.9 Å². The summed E-state index contributed by atoms with van der Waals surface area (Å²) < 4.78 is 66.6. The van der Waals surface area contributed by atoms with Crippen LogP contribution in [0.25, 0.3) is 0 Å². The van der Waals surface area contributed by atoms with Crippen LogP contribution in [0.1, 0.15) is 5.56 Å². The van der Waals surface area contributed by atoms with Gasteiger partial charge in [-0.3, -0.25) is 4.79 Å². The maximum atomic E-state index is 13.4. The third-order valence-corrected chi connectivity index (χ3v) is 5.98. The van der Waals surface area contributed by atoms with Gasteiger partial charge in [0.05, 0.1) is 11.4 Å². The van der Waals surface area contributed by atoms with Gasteiger partial charge in [0.15, 0.2) is 11.6 Å². The molecule has 0 heterocycles. The quantitative estimate of drug-likeness (QED) is 0.613. The number of hydrogen-bond donors (Lipinski definition) is 1. The van der Waals surface area contributed by atoms with Crippen LogP contribution in [0.15, 0.2) is 77.7 Å². The van der Waals surface area contributed by atoms with Crippen molar-refractivity contribution in [1.29, 1.82) is 0 Å². The summed E-state index contributed by atoms with van der Waals surface area (Å²) in [5.74, 6) is -3.44. The van der Waals surface area contributed by atoms with Gasteiger partial charge in [0.2, 0.25) is 15.9 Å². The third-order valence-electron chi connectivity index (χ3n) is 4.18. The molecular formula is C21H17F3N2O3S. The van der Waals surface area contributed by atoms with Gasteiger partial charge in [0.25, 0.3) is 0 Å². The highest BCUT2D eigenvalue weighted by Gasteiger charge is 2.27. The molecule has 0 saturated carbocycles. The third kappa shape index (κ3) is 5.25. The SMILES string of the molecule is O=C(CN(Cc1ccc(F)cc1)S(=O)(=O)c1ccccc1)Nc1ccc(F)c(F)c1. The molecule has 0 aliphatic carbocycles. The second-order valence-electron chi connectivity index (χ2n) is 6.39. The Bertz CT molecular complexity index is 1140. The van der Waals surface area contributed by atoms with Crippen LogP contribution in [0.2, 0.25) is 0 Å². The van der Waals surface area contributed by atoms with Gasteiger partial charge in [-0.2, -0.15) is 4.31 Å². The molecule has 0 aromatic heterocycles. The van der Waals surface area contributed by atoms with Crippen LogP contribution >= 0.6 is 0 Å². The Hall–Kier alpha value is -3.17. The van der Waals surface area contributed by atoms with E-state index in [1.807, 2.05) is 0 Å². The summed E-state index contributed by atoms with van der Waals surface area (Å²) in [4.78, 5) is 12.4. The Balaban J connectivity index is 1.85. The van der Waals surface area contributed by atoms with E-state index in [0.717, 1.165) is 22.5 Å². The number of sulfonamides is 1. The van der Waals surface area contributed by atoms with Crippen molar-refractivity contribution in [3.05, 3.63) is 95.8 Å². The summed E-state index contributed by atoms with van der Waals surface area (Å²) in [5, 5.41) is 2.35. The Labute approximate surface area is 171 Å². The van der Waals surface area contributed by atoms with Crippen LogP contribution in [-0.4, -0.2) is 25.2 Å². The van der Waals surface area contributed by atoms with Gasteiger partial charge in [0, 0.05) is 18.3 Å². The van der Waals surface area contributed by atoms with Crippen molar-refractivity contribution < 1.29 is 26.4 Å². The molecule has 3 aromatic carbocycles. The molecule has 0 unspecified atom stereocenters. The fraction of sp³-hybridized carbons (Fsp3) is 0.0952. The number of halogens is 3. The van der Waals surface area contributed by atoms with Gasteiger partial charge in [-0.25, -0.2) is 21.6 Å². The van der Waals surface area contributed by atoms with E-state index in [4.69, 9.17) is 0 Å². The number of rotatable bonds is 7. The lowest BCUT2D eigenvalue weighted by molar-refractivity contribution is -0.116. The van der Waals surface area contributed by atoms with E-state index in [1.165, 1.54) is 36.4 Å². The lowest BCUT2D eigenvalue weighted by atomic mass is 10.2. The lowest BCUT2D eigenvalue weighted by Gasteiger charge is -2.22. The molecular weight excluding hydrogens is 417 g/mol. The number of carbonyl (C=O) groups is 1. The molecule has 5 nitrogen and oxygen atoms in total. The molecule has 0 saturated heterocycles. The zero-order valence-corrected chi connectivity index (χ0v) is 16.4. The Morgan fingerprint density at radius 1 is 0.867 bits per heavy atom. The molecule has 1 N–H and O–H groups in total. The first kappa shape index (κ1) is 21.5. The van der Waals surface area contributed by atoms with Gasteiger partial charge in [-0.05, 0) is 42.0 Å². The highest BCUT2D eigenvalue weighted by atomic mass is 32.2. The van der Waals surface area contributed by atoms with Crippen molar-refractivity contribution in [1.82, 2.24) is 4.31 Å². The smallest absolute Gasteiger partial charge is 0.243 e. The van der Waals surface area contributed by atoms with Crippen LogP contribution in [-0.2, 0) is 21.4 Å². The first-order valence-corrected chi connectivity index (χ1v) is 10.2. The average Bonchev–Trinajstić information content (AvgIpc) is 2.72. The summed E-state index contributed by atoms with van der Waals surface area (Å²) in [6.45, 7) is -0.781. The molecule has 0 aliphatic rings. The van der Waals surface area contributed by atoms with Crippen molar-refractivity contribution in [3.63, 3.8) is 0 Å². The van der Waals surface area contributed by atoms with E-state index in [2.05, 4.69) is 5.32 Å². The molecule has 0 bridgehead atoms. The Morgan fingerprint density at radius 3 is 2.17 bits per heavy atom. The van der Waals surface area contributed by atoms with Crippen molar-refractivity contribution in [3.8, 4) is 0 Å². The number of anilines is 1. The van der Waals surface area contributed by atoms with Gasteiger partial charge in [0.1, 0.15) is 5.82 Å². The lowest BCUT2D eigenvalue weighted by Crippen LogP contribution is -2.37. The van der Waals surface area contributed by atoms with Crippen molar-refractivity contribution >= 4 is 21.6 Å². The summed E-state index contributed by atoms with van der Waals surface area (Å²) in [6, 6.07) is 15.5. The highest BCUT2D eigenvalue weighted by Crippen LogP contribution is 2.19. The minimum absolute atomic E-state index is 0.0160. The van der Waals surface area contributed by atoms with Crippen LogP contribution in [0, 0.1) is 17.5 Å². The number of nitrogens with one attached hydrogen (secondary N) is 1. The van der Waals surface area contributed by atoms with E-state index in [9.17, 15) is 26.4 Å². The van der Waals surface area contributed by atoms with E-state index in [0.29, 0.717) is 5.56 Å². The first-order valence-electron chi connectivity index (χ1n) is 8.80. The largest absolute Gasteiger partial charge is 0.325 e. The minimum atomic E-state index is -4.07. The number of benzene rings is 3. The monoisotopic (exact) mass is 434 g/mol. The average molecular weight is 434 g/mol. The van der Waals surface area contributed by atoms with Crippen molar-refractivity contribution in [2.24, 2.45) is 0 Å². The molecule has 0 aliphatic heterocycles. The van der Waals surface area contributed by atoms with Crippen molar-refractivity contribution in [2.75, 3.05) is 11.9 Å². The summed E-state index contributed by atoms with van der Waals surface area (Å²) in [6.07, 6.45) is 0. The van der Waals surface area contributed by atoms with Gasteiger partial charge < -0.3 is 5.32 Å². The molecule has 156 valence electrons. The molecule has 0 radical (unpaired) electrons. The molecule has 30 heavy (non-hydrogen) atoms. The number of hydrogen-bond acceptors (Lipinski definition) is 3. The minimum Gasteiger partial charge on any atom is -0.325 e. The zero-order valence-electron chi connectivity index (χ0n) is 15.6. The van der Waals surface area contributed by atoms with Gasteiger partial charge in [-0.1, -0.05) is 30.3 Å². The van der Waals surface area contributed by atoms with Crippen molar-refractivity contribution in [2.45, 2.75) is 11.4 Å². The van der Waals surface area contributed by atoms with E-state index in [1.54, 1.807) is 18.2 Å². The molecule has 3 rings (SSSR count). The van der Waals surface area contributed by atoms with Gasteiger partial charge >= 0.3 is 0 Å². The van der Waals surface area contributed by atoms with Crippen LogP contribution in [0.5, 0.6) is 0 Å². The molecule has 0 spiro atoms. The zero-order chi connectivity index (χ0) is 21.7. The molecule has 9 heteroatoms. The number of carbonyl (C=O) groups excluding carboxylic acids is 1. The molecule has 0 atom stereocenters. The Kier molecular flexibility index (Phi) is 6.53. The predicted octanol–water partition coefficient (Wildman–Crippen LogP) is 3.93. The second kappa shape index (κ2) is 9.10. The number of nitrogens with zero attached hydrogens (tertiary/aromatic N) is 1. The number of amides is 1. The molecule has 3 aromatic rings. The van der Waals surface area contributed by atoms with E-state index < -0.39 is 39.9 Å². The topological polar surface area (TPSA) is 66.5 Å². The fourth-order valence-corrected chi connectivity index (χ4v) is 4.10. The fourth-order valence-electron chi connectivity index (χ4n) is 2.70. The summed E-state index contributed by atoms with van der Waals surface area (Å²) in [7, 11) is -4.07. The Morgan fingerprint density at radius 2 is 1.53 bits per heavy atom. The highest BCUT2D eigenvalue weighted by molar-refractivity contribution is 7.89. The van der Waals surface area contributed by atoms with Crippen LogP contribution < -0.4 is 5.32 Å². The normalized spacial score (nSPS) is 11.5. The standard InChI is InChI=1S/C21H17F3N2O3S/c22-16-8-6-15(7-9-16)13-26(30(28,29)18-4-2-1-3-5-18)14-21(27)25-17-10-11-19(23)20(24)12-17/h1-12H,13-14H2,(H,25,27). The van der Waals surface area contributed by atoms with Crippen LogP contribution in [0.3, 0.4) is 0 Å².